The maximum atomic E-state index is 13.2. The third kappa shape index (κ3) is 4.65. The van der Waals surface area contributed by atoms with Gasteiger partial charge in [-0.3, -0.25) is 14.4 Å². The molecule has 0 radical (unpaired) electrons. The molecule has 1 aliphatic rings. The Kier molecular flexibility index (Phi) is 6.61. The Bertz CT molecular complexity index is 1500. The third-order valence-corrected chi connectivity index (χ3v) is 6.63. The summed E-state index contributed by atoms with van der Waals surface area (Å²) in [6.45, 7) is 0. The molecule has 1 aliphatic heterocycles. The van der Waals surface area contributed by atoms with Crippen LogP contribution in [0.3, 0.4) is 0 Å². The topological polar surface area (TPSA) is 80.8 Å². The Morgan fingerprint density at radius 2 is 1.19 bits per heavy atom. The maximum Gasteiger partial charge on any atom is 0.339 e. The Labute approximate surface area is 222 Å². The first kappa shape index (κ1) is 24.4. The number of anilines is 1. The van der Waals surface area contributed by atoms with Crippen molar-refractivity contribution in [3.63, 3.8) is 0 Å². The predicted octanol–water partition coefficient (Wildman–Crippen LogP) is 6.58. The van der Waals surface area contributed by atoms with Gasteiger partial charge in [-0.2, -0.15) is 0 Å². The van der Waals surface area contributed by atoms with E-state index in [2.05, 4.69) is 0 Å². The smallest absolute Gasteiger partial charge is 0.339 e. The Morgan fingerprint density at radius 3 is 1.73 bits per heavy atom. The van der Waals surface area contributed by atoms with E-state index in [1.54, 1.807) is 60.7 Å². The molecule has 37 heavy (non-hydrogen) atoms. The van der Waals surface area contributed by atoms with Crippen LogP contribution >= 0.6 is 23.2 Å². The molecular formula is C29H17Cl2NO5. The summed E-state index contributed by atoms with van der Waals surface area (Å²) in [6.07, 6.45) is -1.15. The van der Waals surface area contributed by atoms with Gasteiger partial charge in [0.05, 0.1) is 32.4 Å². The quantitative estimate of drug-likeness (QED) is 0.160. The lowest BCUT2D eigenvalue weighted by Gasteiger charge is -2.18. The highest BCUT2D eigenvalue weighted by Crippen LogP contribution is 2.34. The van der Waals surface area contributed by atoms with E-state index in [9.17, 15) is 19.2 Å². The molecule has 1 heterocycles. The van der Waals surface area contributed by atoms with Crippen molar-refractivity contribution < 1.29 is 23.9 Å². The van der Waals surface area contributed by atoms with Gasteiger partial charge in [0.1, 0.15) is 0 Å². The van der Waals surface area contributed by atoms with Crippen molar-refractivity contribution in [2.24, 2.45) is 0 Å². The Hall–Kier alpha value is -4.26. The number of rotatable bonds is 6. The molecule has 4 aromatic rings. The lowest BCUT2D eigenvalue weighted by atomic mass is 10.00. The number of ketones is 1. The van der Waals surface area contributed by atoms with Gasteiger partial charge in [-0.05, 0) is 36.4 Å². The molecule has 182 valence electrons. The number of nitrogens with zero attached hydrogens (tertiary/aromatic N) is 1. The lowest BCUT2D eigenvalue weighted by Crippen LogP contribution is -2.29. The van der Waals surface area contributed by atoms with Gasteiger partial charge < -0.3 is 4.74 Å². The van der Waals surface area contributed by atoms with Gasteiger partial charge >= 0.3 is 5.97 Å². The van der Waals surface area contributed by atoms with Crippen LogP contribution in [0.15, 0.2) is 97.1 Å². The van der Waals surface area contributed by atoms with Crippen LogP contribution in [0.1, 0.15) is 53.1 Å². The molecule has 5 rings (SSSR count). The SMILES string of the molecule is O=C(O[C@@H](C(=O)c1ccccc1)c1ccccc1)c1ccc(N2C(=O)c3cc(Cl)c(Cl)cc3C2=O)cc1. The first-order valence-corrected chi connectivity index (χ1v) is 11.9. The fraction of sp³-hybridized carbons (Fsp3) is 0.0345. The zero-order valence-electron chi connectivity index (χ0n) is 19.1. The van der Waals surface area contributed by atoms with Gasteiger partial charge in [0.2, 0.25) is 5.78 Å². The van der Waals surface area contributed by atoms with Gasteiger partial charge in [0.25, 0.3) is 11.8 Å². The van der Waals surface area contributed by atoms with E-state index in [0.717, 1.165) is 4.90 Å². The number of benzene rings is 4. The van der Waals surface area contributed by atoms with Crippen molar-refractivity contribution >= 4 is 52.5 Å². The normalized spacial score (nSPS) is 13.3. The highest BCUT2D eigenvalue weighted by molar-refractivity contribution is 6.44. The predicted molar refractivity (Wildman–Crippen MR) is 139 cm³/mol. The van der Waals surface area contributed by atoms with E-state index in [1.807, 2.05) is 0 Å². The second kappa shape index (κ2) is 10.0. The molecule has 0 spiro atoms. The summed E-state index contributed by atoms with van der Waals surface area (Å²) in [5.74, 6) is -2.19. The van der Waals surface area contributed by atoms with Crippen molar-refractivity contribution in [3.05, 3.63) is 135 Å². The second-order valence-electron chi connectivity index (χ2n) is 8.23. The molecule has 0 N–H and O–H groups in total. The summed E-state index contributed by atoms with van der Waals surface area (Å²) < 4.78 is 5.66. The molecule has 8 heteroatoms. The average Bonchev–Trinajstić information content (AvgIpc) is 3.16. The first-order chi connectivity index (χ1) is 17.8. The van der Waals surface area contributed by atoms with Gasteiger partial charge in [-0.15, -0.1) is 0 Å². The van der Waals surface area contributed by atoms with Crippen LogP contribution in [0.4, 0.5) is 5.69 Å². The van der Waals surface area contributed by atoms with Gasteiger partial charge in [-0.1, -0.05) is 83.9 Å². The fourth-order valence-electron chi connectivity index (χ4n) is 4.04. The van der Waals surface area contributed by atoms with Crippen molar-refractivity contribution in [1.29, 1.82) is 0 Å². The molecule has 4 aromatic carbocycles. The summed E-state index contributed by atoms with van der Waals surface area (Å²) in [7, 11) is 0. The molecule has 1 atom stereocenters. The monoisotopic (exact) mass is 529 g/mol. The number of fused-ring (bicyclic) bond motifs is 1. The van der Waals surface area contributed by atoms with Crippen LogP contribution in [-0.2, 0) is 4.74 Å². The van der Waals surface area contributed by atoms with Crippen LogP contribution in [0, 0.1) is 0 Å². The highest BCUT2D eigenvalue weighted by atomic mass is 35.5. The van der Waals surface area contributed by atoms with Crippen molar-refractivity contribution in [2.75, 3.05) is 4.90 Å². The molecule has 0 bridgehead atoms. The standard InChI is InChI=1S/C29H17Cl2NO5/c30-23-15-21-22(16-24(23)31)28(35)32(27(21)34)20-13-11-19(12-14-20)29(36)37-26(18-9-5-2-6-10-18)25(33)17-7-3-1-4-8-17/h1-16,26H/t26-/m1/s1. The number of esters is 1. The third-order valence-electron chi connectivity index (χ3n) is 5.91. The number of carbonyl (C=O) groups excluding carboxylic acids is 4. The number of imide groups is 1. The number of hydrogen-bond acceptors (Lipinski definition) is 5. The van der Waals surface area contributed by atoms with Gasteiger partial charge in [0, 0.05) is 11.1 Å². The van der Waals surface area contributed by atoms with E-state index >= 15 is 0 Å². The molecular weight excluding hydrogens is 513 g/mol. The van der Waals surface area contributed by atoms with Crippen LogP contribution in [0.2, 0.25) is 10.0 Å². The zero-order chi connectivity index (χ0) is 26.1. The zero-order valence-corrected chi connectivity index (χ0v) is 20.6. The van der Waals surface area contributed by atoms with Crippen LogP contribution in [0.5, 0.6) is 0 Å². The number of Topliss-reactive ketones (excluding diaryl/α,β-unsaturated/α-hetero) is 1. The summed E-state index contributed by atoms with van der Waals surface area (Å²) in [4.78, 5) is 53.0. The largest absolute Gasteiger partial charge is 0.445 e. The van der Waals surface area contributed by atoms with Crippen molar-refractivity contribution in [2.45, 2.75) is 6.10 Å². The maximum absolute atomic E-state index is 13.2. The molecule has 0 aromatic heterocycles. The van der Waals surface area contributed by atoms with E-state index in [4.69, 9.17) is 27.9 Å². The van der Waals surface area contributed by atoms with E-state index < -0.39 is 23.9 Å². The minimum absolute atomic E-state index is 0.146. The van der Waals surface area contributed by atoms with Gasteiger partial charge in [0.15, 0.2) is 6.10 Å². The van der Waals surface area contributed by atoms with Crippen LogP contribution < -0.4 is 4.90 Å². The highest BCUT2D eigenvalue weighted by Gasteiger charge is 2.37. The summed E-state index contributed by atoms with van der Waals surface area (Å²) >= 11 is 12.0. The number of carbonyl (C=O) groups is 4. The fourth-order valence-corrected chi connectivity index (χ4v) is 4.37. The first-order valence-electron chi connectivity index (χ1n) is 11.2. The summed E-state index contributed by atoms with van der Waals surface area (Å²) in [6, 6.07) is 25.8. The number of halogens is 2. The summed E-state index contributed by atoms with van der Waals surface area (Å²) in [5.41, 5.74) is 1.64. The van der Waals surface area contributed by atoms with Gasteiger partial charge in [-0.25, -0.2) is 9.69 Å². The molecule has 0 saturated heterocycles. The Balaban J connectivity index is 1.39. The summed E-state index contributed by atoms with van der Waals surface area (Å²) in [5, 5.41) is 0.332. The van der Waals surface area contributed by atoms with Crippen molar-refractivity contribution in [3.8, 4) is 0 Å². The molecule has 2 amide bonds. The van der Waals surface area contributed by atoms with Crippen LogP contribution in [0.25, 0.3) is 0 Å². The molecule has 0 saturated carbocycles. The van der Waals surface area contributed by atoms with E-state index in [0.29, 0.717) is 11.1 Å². The molecule has 6 nitrogen and oxygen atoms in total. The minimum Gasteiger partial charge on any atom is -0.445 e. The van der Waals surface area contributed by atoms with Crippen LogP contribution in [-0.4, -0.2) is 23.6 Å². The minimum atomic E-state index is -1.15. The Morgan fingerprint density at radius 1 is 0.676 bits per heavy atom. The van der Waals surface area contributed by atoms with E-state index in [-0.39, 0.29) is 38.2 Å². The number of hydrogen-bond donors (Lipinski definition) is 0. The molecule has 0 aliphatic carbocycles. The second-order valence-corrected chi connectivity index (χ2v) is 9.05. The van der Waals surface area contributed by atoms with E-state index in [1.165, 1.54) is 36.4 Å². The molecule has 0 unspecified atom stereocenters. The molecule has 0 fully saturated rings. The number of ether oxygens (including phenoxy) is 1. The van der Waals surface area contributed by atoms with Crippen molar-refractivity contribution in [1.82, 2.24) is 0 Å². The lowest BCUT2D eigenvalue weighted by molar-refractivity contribution is 0.0280. The average molecular weight is 530 g/mol. The number of amides is 2.